The molecule has 37 heavy (non-hydrogen) atoms. The van der Waals surface area contributed by atoms with E-state index in [0.29, 0.717) is 11.6 Å². The lowest BCUT2D eigenvalue weighted by atomic mass is 9.80. The first-order valence-electron chi connectivity index (χ1n) is 12.6. The van der Waals surface area contributed by atoms with Crippen molar-refractivity contribution in [1.82, 2.24) is 24.1 Å². The quantitative estimate of drug-likeness (QED) is 0.332. The van der Waals surface area contributed by atoms with Crippen molar-refractivity contribution >= 4 is 11.3 Å². The number of imidazole rings is 1. The molecule has 8 nitrogen and oxygen atoms in total. The maximum absolute atomic E-state index is 9.85. The predicted molar refractivity (Wildman–Crippen MR) is 145 cm³/mol. The Hall–Kier alpha value is -4.17. The number of benzene rings is 2. The molecule has 1 saturated carbocycles. The molecule has 1 aliphatic carbocycles. The van der Waals surface area contributed by atoms with Gasteiger partial charge in [-0.2, -0.15) is 0 Å². The molecule has 2 aromatic carbocycles. The van der Waals surface area contributed by atoms with Crippen LogP contribution in [0, 0.1) is 12.8 Å². The molecule has 5 aromatic rings. The molecule has 8 heteroatoms. The summed E-state index contributed by atoms with van der Waals surface area (Å²) in [5.41, 5.74) is 6.19. The van der Waals surface area contributed by atoms with Crippen molar-refractivity contribution in [1.29, 1.82) is 0 Å². The number of anilines is 1. The zero-order valence-electron chi connectivity index (χ0n) is 21.2. The van der Waals surface area contributed by atoms with Gasteiger partial charge in [-0.15, -0.1) is 5.10 Å². The summed E-state index contributed by atoms with van der Waals surface area (Å²) in [5, 5.41) is 18.4. The van der Waals surface area contributed by atoms with E-state index in [1.54, 1.807) is 13.3 Å². The van der Waals surface area contributed by atoms with Crippen LogP contribution in [0.25, 0.3) is 39.4 Å². The van der Waals surface area contributed by atoms with Gasteiger partial charge in [0.25, 0.3) is 0 Å². The maximum Gasteiger partial charge on any atom is 0.218 e. The van der Waals surface area contributed by atoms with Gasteiger partial charge in [-0.05, 0) is 42.5 Å². The number of aliphatic hydroxyl groups excluding tert-OH is 1. The van der Waals surface area contributed by atoms with Gasteiger partial charge >= 0.3 is 0 Å². The fourth-order valence-corrected chi connectivity index (χ4v) is 5.24. The third-order valence-corrected chi connectivity index (χ3v) is 7.48. The van der Waals surface area contributed by atoms with E-state index in [0.717, 1.165) is 57.7 Å². The Balaban J connectivity index is 1.65. The third-order valence-electron chi connectivity index (χ3n) is 7.48. The number of aliphatic hydroxyl groups is 1. The lowest BCUT2D eigenvalue weighted by Crippen LogP contribution is -2.40. The van der Waals surface area contributed by atoms with Gasteiger partial charge in [0, 0.05) is 55.3 Å². The molecule has 1 aliphatic rings. The molecular weight excluding hydrogens is 464 g/mol. The summed E-state index contributed by atoms with van der Waals surface area (Å²) in [6.45, 7) is 2.24. The van der Waals surface area contributed by atoms with E-state index in [9.17, 15) is 5.11 Å². The average molecular weight is 495 g/mol. The van der Waals surface area contributed by atoms with Crippen molar-refractivity contribution in [3.05, 3.63) is 72.7 Å². The van der Waals surface area contributed by atoms with E-state index >= 15 is 0 Å². The number of methoxy groups -OCH3 is 1. The largest absolute Gasteiger partial charge is 0.496 e. The Bertz CT molecular complexity index is 1570. The molecule has 0 aliphatic heterocycles. The highest BCUT2D eigenvalue weighted by molar-refractivity contribution is 5.99. The zero-order valence-corrected chi connectivity index (χ0v) is 21.2. The normalized spacial score (nSPS) is 17.1. The molecule has 3 aromatic heterocycles. The second-order valence-electron chi connectivity index (χ2n) is 9.63. The van der Waals surface area contributed by atoms with Crippen LogP contribution in [0.2, 0.25) is 0 Å². The lowest BCUT2D eigenvalue weighted by Gasteiger charge is -2.36. The molecule has 3 heterocycles. The van der Waals surface area contributed by atoms with Crippen molar-refractivity contribution in [2.45, 2.75) is 25.8 Å². The highest BCUT2D eigenvalue weighted by Crippen LogP contribution is 2.43. The van der Waals surface area contributed by atoms with Gasteiger partial charge in [0.1, 0.15) is 11.3 Å². The lowest BCUT2D eigenvalue weighted by molar-refractivity contribution is 0.147. The summed E-state index contributed by atoms with van der Waals surface area (Å²) in [4.78, 5) is 9.51. The Kier molecular flexibility index (Phi) is 5.88. The fraction of sp³-hybridized carbons (Fsp3) is 0.276. The number of hydrogen-bond donors (Lipinski definition) is 2. The third kappa shape index (κ3) is 3.94. The van der Waals surface area contributed by atoms with E-state index in [2.05, 4.69) is 41.6 Å². The molecule has 0 amide bonds. The molecule has 2 atom stereocenters. The molecular formula is C29H30N6O2. The van der Waals surface area contributed by atoms with Gasteiger partial charge in [0.05, 0.1) is 7.11 Å². The highest BCUT2D eigenvalue weighted by atomic mass is 16.5. The van der Waals surface area contributed by atoms with Crippen LogP contribution in [0.5, 0.6) is 5.75 Å². The first kappa shape index (κ1) is 23.2. The van der Waals surface area contributed by atoms with E-state index in [-0.39, 0.29) is 18.6 Å². The van der Waals surface area contributed by atoms with Gasteiger partial charge in [0.2, 0.25) is 5.82 Å². The molecule has 0 spiro atoms. The van der Waals surface area contributed by atoms with Crippen molar-refractivity contribution < 1.29 is 9.84 Å². The van der Waals surface area contributed by atoms with Crippen LogP contribution in [0.1, 0.15) is 18.4 Å². The zero-order chi connectivity index (χ0) is 25.5. The van der Waals surface area contributed by atoms with Crippen LogP contribution in [0.4, 0.5) is 5.82 Å². The molecule has 6 rings (SSSR count). The molecule has 0 saturated heterocycles. The monoisotopic (exact) mass is 494 g/mol. The number of ether oxygens (including phenoxy) is 1. The summed E-state index contributed by atoms with van der Waals surface area (Å²) in [6, 6.07) is 16.6. The van der Waals surface area contributed by atoms with Gasteiger partial charge in [-0.25, -0.2) is 14.5 Å². The first-order valence-corrected chi connectivity index (χ1v) is 12.6. The number of nitrogens with one attached hydrogen (secondary N) is 1. The highest BCUT2D eigenvalue weighted by Gasteiger charge is 2.32. The number of fused-ring (bicyclic) bond motifs is 1. The summed E-state index contributed by atoms with van der Waals surface area (Å²) in [7, 11) is 3.64. The second kappa shape index (κ2) is 9.37. The number of aromatic nitrogens is 5. The van der Waals surface area contributed by atoms with Crippen LogP contribution in [0.15, 0.2) is 67.1 Å². The second-order valence-corrected chi connectivity index (χ2v) is 9.63. The standard InChI is InChI=1S/C29H30N6O2/c1-18-21(10-7-11-24(18)37-3)22-16-35-26(25(22)19-8-5-4-6-9-19)27(31-23-13-12-20(23)17-36)32-28(33-35)29-30-14-15-34(29)2/h4-11,14-16,20,23,36H,12-13,17H2,1-3H3,(H,31,32,33)/t20-,23+/m0/s1. The Morgan fingerprint density at radius 1 is 1.08 bits per heavy atom. The molecule has 188 valence electrons. The Morgan fingerprint density at radius 3 is 2.59 bits per heavy atom. The maximum atomic E-state index is 9.85. The topological polar surface area (TPSA) is 89.5 Å². The minimum Gasteiger partial charge on any atom is -0.496 e. The van der Waals surface area contributed by atoms with Gasteiger partial charge in [-0.3, -0.25) is 0 Å². The SMILES string of the molecule is COc1cccc(-c2cn3nc(-c4nccn4C)nc(N[C@@H]4CC[C@H]4CO)c3c2-c2ccccc2)c1C. The number of nitrogens with zero attached hydrogens (tertiary/aromatic N) is 5. The summed E-state index contributed by atoms with van der Waals surface area (Å²) < 4.78 is 9.48. The van der Waals surface area contributed by atoms with E-state index in [1.165, 1.54) is 0 Å². The molecule has 1 fully saturated rings. The minimum atomic E-state index is 0.151. The van der Waals surface area contributed by atoms with Crippen LogP contribution in [-0.4, -0.2) is 49.0 Å². The minimum absolute atomic E-state index is 0.151. The summed E-state index contributed by atoms with van der Waals surface area (Å²) in [6.07, 6.45) is 7.70. The fourth-order valence-electron chi connectivity index (χ4n) is 5.24. The van der Waals surface area contributed by atoms with Crippen LogP contribution in [0.3, 0.4) is 0 Å². The van der Waals surface area contributed by atoms with Crippen molar-refractivity contribution in [2.24, 2.45) is 13.0 Å². The molecule has 0 bridgehead atoms. The predicted octanol–water partition coefficient (Wildman–Crippen LogP) is 4.96. The van der Waals surface area contributed by atoms with Crippen molar-refractivity contribution in [2.75, 3.05) is 19.0 Å². The van der Waals surface area contributed by atoms with Gasteiger partial charge in [0.15, 0.2) is 11.6 Å². The number of hydrogen-bond acceptors (Lipinski definition) is 6. The molecule has 0 unspecified atom stereocenters. The van der Waals surface area contributed by atoms with Gasteiger partial charge < -0.3 is 19.7 Å². The summed E-state index contributed by atoms with van der Waals surface area (Å²) in [5.74, 6) is 3.01. The first-order chi connectivity index (χ1) is 18.1. The summed E-state index contributed by atoms with van der Waals surface area (Å²) >= 11 is 0. The van der Waals surface area contributed by atoms with Crippen LogP contribution < -0.4 is 10.1 Å². The Labute approximate surface area is 215 Å². The smallest absolute Gasteiger partial charge is 0.218 e. The average Bonchev–Trinajstić information content (AvgIpc) is 3.51. The van der Waals surface area contributed by atoms with E-state index in [1.807, 2.05) is 52.7 Å². The molecule has 0 radical (unpaired) electrons. The van der Waals surface area contributed by atoms with E-state index < -0.39 is 0 Å². The van der Waals surface area contributed by atoms with E-state index in [4.69, 9.17) is 14.8 Å². The number of aryl methyl sites for hydroxylation is 1. The van der Waals surface area contributed by atoms with Crippen LogP contribution in [-0.2, 0) is 7.05 Å². The van der Waals surface area contributed by atoms with Crippen LogP contribution >= 0.6 is 0 Å². The number of rotatable bonds is 7. The van der Waals surface area contributed by atoms with Crippen molar-refractivity contribution in [3.8, 4) is 39.7 Å². The van der Waals surface area contributed by atoms with Gasteiger partial charge in [-0.1, -0.05) is 42.5 Å². The van der Waals surface area contributed by atoms with Crippen molar-refractivity contribution in [3.63, 3.8) is 0 Å². The Morgan fingerprint density at radius 2 is 1.92 bits per heavy atom. The molecule has 2 N–H and O–H groups in total.